The summed E-state index contributed by atoms with van der Waals surface area (Å²) < 4.78 is 51.9. The molecule has 0 saturated carbocycles. The van der Waals surface area contributed by atoms with E-state index in [1.807, 2.05) is 0 Å². The minimum atomic E-state index is -4.50. The molecule has 2 aliphatic rings. The SMILES string of the molecule is O=c1oc2c3c(c(Cl)cc2c2c1CCCC2)OCN(c1ccccc1C(F)(F)F)C3. The third-order valence-electron chi connectivity index (χ3n) is 5.78. The molecule has 0 amide bonds. The fourth-order valence-corrected chi connectivity index (χ4v) is 4.69. The van der Waals surface area contributed by atoms with Crippen molar-refractivity contribution in [1.29, 1.82) is 0 Å². The molecule has 0 spiro atoms. The molecular weight excluding hydrogens is 419 g/mol. The first kappa shape index (κ1) is 19.3. The van der Waals surface area contributed by atoms with E-state index in [1.54, 1.807) is 12.1 Å². The molecule has 156 valence electrons. The van der Waals surface area contributed by atoms with Gasteiger partial charge in [-0.15, -0.1) is 0 Å². The Bertz CT molecular complexity index is 1220. The van der Waals surface area contributed by atoms with Crippen molar-refractivity contribution >= 4 is 28.3 Å². The Labute approximate surface area is 174 Å². The Kier molecular flexibility index (Phi) is 4.47. The first-order valence-electron chi connectivity index (χ1n) is 9.68. The van der Waals surface area contributed by atoms with Crippen molar-refractivity contribution in [3.63, 3.8) is 0 Å². The number of benzene rings is 2. The Morgan fingerprint density at radius 3 is 2.53 bits per heavy atom. The number of aryl methyl sites for hydroxylation is 1. The lowest BCUT2D eigenvalue weighted by Gasteiger charge is -2.33. The van der Waals surface area contributed by atoms with Crippen LogP contribution in [0.5, 0.6) is 5.75 Å². The van der Waals surface area contributed by atoms with Gasteiger partial charge in [-0.25, -0.2) is 4.79 Å². The first-order valence-corrected chi connectivity index (χ1v) is 10.1. The second-order valence-electron chi connectivity index (χ2n) is 7.58. The Morgan fingerprint density at radius 1 is 1.03 bits per heavy atom. The van der Waals surface area contributed by atoms with Crippen LogP contribution in [-0.4, -0.2) is 6.73 Å². The number of para-hydroxylation sites is 1. The summed E-state index contributed by atoms with van der Waals surface area (Å²) in [5, 5.41) is 1.10. The lowest BCUT2D eigenvalue weighted by atomic mass is 9.89. The molecule has 0 bridgehead atoms. The van der Waals surface area contributed by atoms with Crippen molar-refractivity contribution in [3.8, 4) is 5.75 Å². The van der Waals surface area contributed by atoms with Gasteiger partial charge in [-0.3, -0.25) is 0 Å². The van der Waals surface area contributed by atoms with E-state index in [1.165, 1.54) is 17.0 Å². The maximum atomic E-state index is 13.5. The fourth-order valence-electron chi connectivity index (χ4n) is 4.41. The largest absolute Gasteiger partial charge is 0.471 e. The zero-order valence-corrected chi connectivity index (χ0v) is 16.6. The van der Waals surface area contributed by atoms with Gasteiger partial charge in [0, 0.05) is 10.9 Å². The molecule has 0 unspecified atom stereocenters. The van der Waals surface area contributed by atoms with Crippen LogP contribution in [0, 0.1) is 0 Å². The third kappa shape index (κ3) is 3.03. The van der Waals surface area contributed by atoms with Crippen molar-refractivity contribution in [2.45, 2.75) is 38.4 Å². The minimum Gasteiger partial charge on any atom is -0.471 e. The van der Waals surface area contributed by atoms with Crippen LogP contribution in [0.25, 0.3) is 11.0 Å². The average molecular weight is 436 g/mol. The molecule has 3 aromatic rings. The van der Waals surface area contributed by atoms with Gasteiger partial charge in [0.2, 0.25) is 0 Å². The number of anilines is 1. The lowest BCUT2D eigenvalue weighted by molar-refractivity contribution is -0.137. The highest BCUT2D eigenvalue weighted by Crippen LogP contribution is 2.43. The molecule has 5 rings (SSSR count). The summed E-state index contributed by atoms with van der Waals surface area (Å²) in [4.78, 5) is 14.1. The van der Waals surface area contributed by atoms with Gasteiger partial charge in [0.25, 0.3) is 0 Å². The molecule has 1 aromatic heterocycles. The summed E-state index contributed by atoms with van der Waals surface area (Å²) in [5.74, 6) is 0.351. The Hall–Kier alpha value is -2.67. The normalized spacial score (nSPS) is 16.2. The molecule has 1 aliphatic carbocycles. The monoisotopic (exact) mass is 435 g/mol. The maximum Gasteiger partial charge on any atom is 0.418 e. The summed E-state index contributed by atoms with van der Waals surface area (Å²) in [6, 6.07) is 7.08. The second kappa shape index (κ2) is 6.94. The fraction of sp³-hybridized carbons (Fsp3) is 0.318. The maximum absolute atomic E-state index is 13.5. The van der Waals surface area contributed by atoms with Crippen LogP contribution in [0.2, 0.25) is 5.02 Å². The van der Waals surface area contributed by atoms with E-state index < -0.39 is 17.4 Å². The molecule has 0 N–H and O–H groups in total. The van der Waals surface area contributed by atoms with E-state index in [2.05, 4.69) is 0 Å². The van der Waals surface area contributed by atoms with Crippen molar-refractivity contribution in [2.24, 2.45) is 0 Å². The molecule has 0 radical (unpaired) electrons. The van der Waals surface area contributed by atoms with Crippen molar-refractivity contribution < 1.29 is 22.3 Å². The van der Waals surface area contributed by atoms with E-state index in [4.69, 9.17) is 20.8 Å². The van der Waals surface area contributed by atoms with E-state index in [9.17, 15) is 18.0 Å². The van der Waals surface area contributed by atoms with Gasteiger partial charge in [0.05, 0.1) is 28.4 Å². The summed E-state index contributed by atoms with van der Waals surface area (Å²) >= 11 is 6.46. The molecule has 0 atom stereocenters. The van der Waals surface area contributed by atoms with Gasteiger partial charge in [-0.1, -0.05) is 23.7 Å². The highest BCUT2D eigenvalue weighted by Gasteiger charge is 2.36. The third-order valence-corrected chi connectivity index (χ3v) is 6.06. The molecule has 0 saturated heterocycles. The Balaban J connectivity index is 1.68. The topological polar surface area (TPSA) is 42.7 Å². The molecule has 1 aliphatic heterocycles. The van der Waals surface area contributed by atoms with Crippen LogP contribution >= 0.6 is 11.6 Å². The number of halogens is 4. The van der Waals surface area contributed by atoms with E-state index in [0.717, 1.165) is 36.3 Å². The van der Waals surface area contributed by atoms with Gasteiger partial charge in [-0.2, -0.15) is 13.2 Å². The van der Waals surface area contributed by atoms with Crippen LogP contribution in [0.3, 0.4) is 0 Å². The molecule has 4 nitrogen and oxygen atoms in total. The highest BCUT2D eigenvalue weighted by atomic mass is 35.5. The standard InChI is InChI=1S/C22H17ClF3NO3/c23-17-9-14-12-5-1-2-6-13(12)21(28)30-19(14)15-10-27(11-29-20(15)17)18-8-4-3-7-16(18)22(24,25)26/h3-4,7-9H,1-2,5-6,10-11H2. The number of hydrogen-bond acceptors (Lipinski definition) is 4. The lowest BCUT2D eigenvalue weighted by Crippen LogP contribution is -2.34. The number of alkyl halides is 3. The molecule has 2 aromatic carbocycles. The van der Waals surface area contributed by atoms with Crippen molar-refractivity contribution in [1.82, 2.24) is 0 Å². The average Bonchev–Trinajstić information content (AvgIpc) is 2.74. The Morgan fingerprint density at radius 2 is 1.77 bits per heavy atom. The highest BCUT2D eigenvalue weighted by molar-refractivity contribution is 6.33. The molecule has 30 heavy (non-hydrogen) atoms. The van der Waals surface area contributed by atoms with E-state index >= 15 is 0 Å². The van der Waals surface area contributed by atoms with Crippen LogP contribution in [-0.2, 0) is 25.6 Å². The van der Waals surface area contributed by atoms with Crippen LogP contribution in [0.15, 0.2) is 39.5 Å². The van der Waals surface area contributed by atoms with Gasteiger partial charge in [0.1, 0.15) is 11.3 Å². The summed E-state index contributed by atoms with van der Waals surface area (Å²) in [7, 11) is 0. The molecule has 2 heterocycles. The van der Waals surface area contributed by atoms with E-state index in [0.29, 0.717) is 33.9 Å². The first-order chi connectivity index (χ1) is 14.3. The zero-order valence-electron chi connectivity index (χ0n) is 15.8. The minimum absolute atomic E-state index is 0.00378. The molecule has 0 fully saturated rings. The van der Waals surface area contributed by atoms with Gasteiger partial charge in [0.15, 0.2) is 6.73 Å². The molecular formula is C22H17ClF3NO3. The number of ether oxygens (including phenoxy) is 1. The van der Waals surface area contributed by atoms with Crippen molar-refractivity contribution in [3.05, 3.63) is 68.0 Å². The predicted molar refractivity (Wildman–Crippen MR) is 107 cm³/mol. The van der Waals surface area contributed by atoms with Crippen molar-refractivity contribution in [2.75, 3.05) is 11.6 Å². The number of rotatable bonds is 1. The van der Waals surface area contributed by atoms with Gasteiger partial charge in [-0.05, 0) is 49.4 Å². The summed E-state index contributed by atoms with van der Waals surface area (Å²) in [6.45, 7) is -0.0122. The van der Waals surface area contributed by atoms with Gasteiger partial charge >= 0.3 is 11.8 Å². The number of fused-ring (bicyclic) bond motifs is 5. The predicted octanol–water partition coefficient (Wildman–Crippen LogP) is 5.70. The van der Waals surface area contributed by atoms with Crippen LogP contribution in [0.1, 0.15) is 35.1 Å². The van der Waals surface area contributed by atoms with Crippen LogP contribution < -0.4 is 15.3 Å². The molecule has 8 heteroatoms. The second-order valence-corrected chi connectivity index (χ2v) is 7.99. The number of hydrogen-bond donors (Lipinski definition) is 0. The number of nitrogens with zero attached hydrogens (tertiary/aromatic N) is 1. The summed E-state index contributed by atoms with van der Waals surface area (Å²) in [6.07, 6.45) is -1.22. The smallest absolute Gasteiger partial charge is 0.418 e. The van der Waals surface area contributed by atoms with E-state index in [-0.39, 0.29) is 19.0 Å². The van der Waals surface area contributed by atoms with Crippen LogP contribution in [0.4, 0.5) is 18.9 Å². The summed E-state index contributed by atoms with van der Waals surface area (Å²) in [5.41, 5.74) is 1.28. The van der Waals surface area contributed by atoms with Gasteiger partial charge < -0.3 is 14.1 Å². The quantitative estimate of drug-likeness (QED) is 0.460. The zero-order chi connectivity index (χ0) is 21.0.